The molecule has 3 heterocycles. The first-order valence-corrected chi connectivity index (χ1v) is 7.70. The van der Waals surface area contributed by atoms with Crippen molar-refractivity contribution in [2.45, 2.75) is 6.42 Å². The highest BCUT2D eigenvalue weighted by Gasteiger charge is 2.21. The number of carbonyl (C=O) groups excluding carboxylic acids is 1. The van der Waals surface area contributed by atoms with Gasteiger partial charge in [-0.2, -0.15) is 0 Å². The standard InChI is InChI=1S/C16H17N5O3/c22-16(13-4-6-17-7-5-13)20-9-1-8-19(10-11-20)15-3-2-14(12-18-15)21(23)24/h2-7,12H,1,8-11H2. The number of nitrogens with zero attached hydrogens (tertiary/aromatic N) is 5. The van der Waals surface area contributed by atoms with Crippen molar-refractivity contribution in [3.8, 4) is 0 Å². The second-order valence-corrected chi connectivity index (χ2v) is 5.50. The molecule has 0 unspecified atom stereocenters. The lowest BCUT2D eigenvalue weighted by Gasteiger charge is -2.22. The van der Waals surface area contributed by atoms with E-state index in [0.717, 1.165) is 13.0 Å². The van der Waals surface area contributed by atoms with Crippen LogP contribution in [-0.4, -0.2) is 51.9 Å². The predicted molar refractivity (Wildman–Crippen MR) is 87.9 cm³/mol. The second kappa shape index (κ2) is 7.03. The molecule has 3 rings (SSSR count). The smallest absolute Gasteiger partial charge is 0.287 e. The summed E-state index contributed by atoms with van der Waals surface area (Å²) in [7, 11) is 0. The van der Waals surface area contributed by atoms with Gasteiger partial charge >= 0.3 is 0 Å². The first-order chi connectivity index (χ1) is 11.6. The van der Waals surface area contributed by atoms with E-state index in [-0.39, 0.29) is 11.6 Å². The molecule has 1 fully saturated rings. The minimum atomic E-state index is -0.464. The van der Waals surface area contributed by atoms with Gasteiger partial charge in [-0.05, 0) is 24.6 Å². The van der Waals surface area contributed by atoms with Crippen molar-refractivity contribution in [2.75, 3.05) is 31.1 Å². The molecular weight excluding hydrogens is 310 g/mol. The molecule has 24 heavy (non-hydrogen) atoms. The highest BCUT2D eigenvalue weighted by molar-refractivity contribution is 5.94. The summed E-state index contributed by atoms with van der Waals surface area (Å²) in [6.07, 6.45) is 5.30. The van der Waals surface area contributed by atoms with Gasteiger partial charge in [-0.1, -0.05) is 0 Å². The summed E-state index contributed by atoms with van der Waals surface area (Å²) in [4.78, 5) is 34.7. The molecule has 0 saturated carbocycles. The molecule has 0 spiro atoms. The summed E-state index contributed by atoms with van der Waals surface area (Å²) in [5, 5.41) is 10.7. The van der Waals surface area contributed by atoms with Crippen LogP contribution < -0.4 is 4.90 Å². The molecule has 0 bridgehead atoms. The number of amides is 1. The van der Waals surface area contributed by atoms with Crippen LogP contribution in [0.3, 0.4) is 0 Å². The van der Waals surface area contributed by atoms with E-state index in [2.05, 4.69) is 9.97 Å². The Morgan fingerprint density at radius 1 is 1.08 bits per heavy atom. The van der Waals surface area contributed by atoms with Gasteiger partial charge in [0, 0.05) is 50.2 Å². The van der Waals surface area contributed by atoms with E-state index in [0.29, 0.717) is 31.0 Å². The first kappa shape index (κ1) is 15.9. The van der Waals surface area contributed by atoms with Crippen molar-refractivity contribution in [3.05, 3.63) is 58.5 Å². The van der Waals surface area contributed by atoms with Gasteiger partial charge in [0.05, 0.1) is 4.92 Å². The third-order valence-electron chi connectivity index (χ3n) is 3.98. The third kappa shape index (κ3) is 3.48. The quantitative estimate of drug-likeness (QED) is 0.630. The Morgan fingerprint density at radius 3 is 2.54 bits per heavy atom. The van der Waals surface area contributed by atoms with Crippen LogP contribution in [0.5, 0.6) is 0 Å². The van der Waals surface area contributed by atoms with Gasteiger partial charge in [-0.15, -0.1) is 0 Å². The van der Waals surface area contributed by atoms with Gasteiger partial charge in [-0.3, -0.25) is 19.9 Å². The van der Waals surface area contributed by atoms with Crippen LogP contribution in [0.2, 0.25) is 0 Å². The minimum Gasteiger partial charge on any atom is -0.355 e. The topological polar surface area (TPSA) is 92.5 Å². The summed E-state index contributed by atoms with van der Waals surface area (Å²) < 4.78 is 0. The fraction of sp³-hybridized carbons (Fsp3) is 0.312. The van der Waals surface area contributed by atoms with E-state index < -0.39 is 4.92 Å². The second-order valence-electron chi connectivity index (χ2n) is 5.50. The molecule has 0 aromatic carbocycles. The average molecular weight is 327 g/mol. The largest absolute Gasteiger partial charge is 0.355 e. The molecule has 0 radical (unpaired) electrons. The normalized spacial score (nSPS) is 15.0. The van der Waals surface area contributed by atoms with Crippen molar-refractivity contribution >= 4 is 17.4 Å². The van der Waals surface area contributed by atoms with Gasteiger partial charge < -0.3 is 9.80 Å². The minimum absolute atomic E-state index is 0.00379. The zero-order valence-corrected chi connectivity index (χ0v) is 13.0. The number of hydrogen-bond acceptors (Lipinski definition) is 6. The van der Waals surface area contributed by atoms with Gasteiger partial charge in [0.1, 0.15) is 12.0 Å². The first-order valence-electron chi connectivity index (χ1n) is 7.70. The van der Waals surface area contributed by atoms with Gasteiger partial charge in [0.25, 0.3) is 11.6 Å². The Hall–Kier alpha value is -3.03. The van der Waals surface area contributed by atoms with Crippen LogP contribution >= 0.6 is 0 Å². The number of aromatic nitrogens is 2. The van der Waals surface area contributed by atoms with Crippen molar-refractivity contribution in [2.24, 2.45) is 0 Å². The Balaban J connectivity index is 1.66. The van der Waals surface area contributed by atoms with Crippen LogP contribution in [-0.2, 0) is 0 Å². The molecule has 1 aliphatic heterocycles. The summed E-state index contributed by atoms with van der Waals surface area (Å²) in [6.45, 7) is 2.65. The van der Waals surface area contributed by atoms with Crippen LogP contribution in [0.4, 0.5) is 11.5 Å². The molecule has 0 N–H and O–H groups in total. The number of rotatable bonds is 3. The van der Waals surface area contributed by atoms with Gasteiger partial charge in [0.2, 0.25) is 0 Å². The van der Waals surface area contributed by atoms with Crippen LogP contribution in [0, 0.1) is 10.1 Å². The van der Waals surface area contributed by atoms with Crippen molar-refractivity contribution in [3.63, 3.8) is 0 Å². The Labute approximate surface area is 138 Å². The van der Waals surface area contributed by atoms with E-state index in [1.54, 1.807) is 30.6 Å². The zero-order valence-electron chi connectivity index (χ0n) is 13.0. The maximum Gasteiger partial charge on any atom is 0.287 e. The van der Waals surface area contributed by atoms with Gasteiger partial charge in [0.15, 0.2) is 0 Å². The molecule has 2 aromatic rings. The molecule has 1 amide bonds. The van der Waals surface area contributed by atoms with Crippen molar-refractivity contribution < 1.29 is 9.72 Å². The molecule has 1 aliphatic rings. The zero-order chi connectivity index (χ0) is 16.9. The van der Waals surface area contributed by atoms with E-state index in [4.69, 9.17) is 0 Å². The molecule has 2 aromatic heterocycles. The monoisotopic (exact) mass is 327 g/mol. The Morgan fingerprint density at radius 2 is 1.88 bits per heavy atom. The lowest BCUT2D eigenvalue weighted by Crippen LogP contribution is -2.35. The lowest BCUT2D eigenvalue weighted by atomic mass is 10.2. The SMILES string of the molecule is O=C(c1ccncc1)N1CCCN(c2ccc([N+](=O)[O-])cn2)CC1. The fourth-order valence-electron chi connectivity index (χ4n) is 2.70. The molecular formula is C16H17N5O3. The Bertz CT molecular complexity index is 720. The van der Waals surface area contributed by atoms with Crippen molar-refractivity contribution in [1.82, 2.24) is 14.9 Å². The molecule has 1 saturated heterocycles. The van der Waals surface area contributed by atoms with E-state index >= 15 is 0 Å². The predicted octanol–water partition coefficient (Wildman–Crippen LogP) is 1.74. The number of hydrogen-bond donors (Lipinski definition) is 0. The highest BCUT2D eigenvalue weighted by Crippen LogP contribution is 2.18. The van der Waals surface area contributed by atoms with Crippen LogP contribution in [0.1, 0.15) is 16.8 Å². The summed E-state index contributed by atoms with van der Waals surface area (Å²) in [5.41, 5.74) is 0.606. The van der Waals surface area contributed by atoms with E-state index in [1.807, 2.05) is 9.80 Å². The number of anilines is 1. The summed E-state index contributed by atoms with van der Waals surface area (Å²) >= 11 is 0. The fourth-order valence-corrected chi connectivity index (χ4v) is 2.70. The third-order valence-corrected chi connectivity index (χ3v) is 3.98. The molecule has 8 heteroatoms. The molecule has 124 valence electrons. The summed E-state index contributed by atoms with van der Waals surface area (Å²) in [5.74, 6) is 0.690. The molecule has 0 atom stereocenters. The number of pyridine rings is 2. The van der Waals surface area contributed by atoms with Crippen LogP contribution in [0.15, 0.2) is 42.9 Å². The van der Waals surface area contributed by atoms with E-state index in [1.165, 1.54) is 12.3 Å². The lowest BCUT2D eigenvalue weighted by molar-refractivity contribution is -0.385. The Kier molecular flexibility index (Phi) is 4.64. The van der Waals surface area contributed by atoms with E-state index in [9.17, 15) is 14.9 Å². The van der Waals surface area contributed by atoms with Crippen LogP contribution in [0.25, 0.3) is 0 Å². The van der Waals surface area contributed by atoms with Gasteiger partial charge in [-0.25, -0.2) is 4.98 Å². The number of carbonyl (C=O) groups is 1. The molecule has 8 nitrogen and oxygen atoms in total. The summed E-state index contributed by atoms with van der Waals surface area (Å²) in [6, 6.07) is 6.53. The number of nitro groups is 1. The highest BCUT2D eigenvalue weighted by atomic mass is 16.6. The maximum absolute atomic E-state index is 12.5. The maximum atomic E-state index is 12.5. The van der Waals surface area contributed by atoms with Crippen molar-refractivity contribution in [1.29, 1.82) is 0 Å². The molecule has 0 aliphatic carbocycles. The average Bonchev–Trinajstić information content (AvgIpc) is 2.88.